The molecule has 0 radical (unpaired) electrons. The van der Waals surface area contributed by atoms with Gasteiger partial charge in [0.1, 0.15) is 0 Å². The Morgan fingerprint density at radius 3 is 1.65 bits per heavy atom. The van der Waals surface area contributed by atoms with Crippen molar-refractivity contribution < 1.29 is 8.42 Å². The van der Waals surface area contributed by atoms with Crippen molar-refractivity contribution in [2.24, 2.45) is 0 Å². The lowest BCUT2D eigenvalue weighted by atomic mass is 10.1. The van der Waals surface area contributed by atoms with E-state index in [1.807, 2.05) is 0 Å². The SMILES string of the molecule is Nc1ccc(N)cc1.Nc1ccc(S(=O)(=O)Cl)c2ccccc12. The number of hydrogen-bond donors (Lipinski definition) is 3. The van der Waals surface area contributed by atoms with Gasteiger partial charge in [0.25, 0.3) is 9.05 Å². The van der Waals surface area contributed by atoms with Crippen LogP contribution in [-0.4, -0.2) is 8.42 Å². The van der Waals surface area contributed by atoms with Crippen LogP contribution in [-0.2, 0) is 9.05 Å². The summed E-state index contributed by atoms with van der Waals surface area (Å²) in [5.74, 6) is 0. The van der Waals surface area contributed by atoms with Gasteiger partial charge in [0, 0.05) is 38.5 Å². The molecule has 0 unspecified atom stereocenters. The van der Waals surface area contributed by atoms with Crippen molar-refractivity contribution in [1.82, 2.24) is 0 Å². The average Bonchev–Trinajstić information content (AvgIpc) is 2.50. The molecule has 3 aromatic carbocycles. The fraction of sp³-hybridized carbons (Fsp3) is 0. The number of nitrogen functional groups attached to an aromatic ring is 3. The van der Waals surface area contributed by atoms with E-state index in [-0.39, 0.29) is 4.90 Å². The van der Waals surface area contributed by atoms with Crippen LogP contribution in [0, 0.1) is 0 Å². The first-order valence-electron chi connectivity index (χ1n) is 6.62. The monoisotopic (exact) mass is 349 g/mol. The van der Waals surface area contributed by atoms with Crippen LogP contribution in [0.5, 0.6) is 0 Å². The number of nitrogens with two attached hydrogens (primary N) is 3. The normalized spacial score (nSPS) is 10.8. The van der Waals surface area contributed by atoms with E-state index in [1.54, 1.807) is 48.5 Å². The molecule has 0 saturated heterocycles. The van der Waals surface area contributed by atoms with Gasteiger partial charge >= 0.3 is 0 Å². The molecule has 0 fully saturated rings. The Bertz CT molecular complexity index is 905. The van der Waals surface area contributed by atoms with Crippen molar-refractivity contribution in [2.45, 2.75) is 4.90 Å². The molecule has 0 aliphatic carbocycles. The molecule has 7 heteroatoms. The molecule has 6 N–H and O–H groups in total. The first-order valence-corrected chi connectivity index (χ1v) is 8.93. The highest BCUT2D eigenvalue weighted by Gasteiger charge is 2.14. The van der Waals surface area contributed by atoms with Crippen molar-refractivity contribution in [3.8, 4) is 0 Å². The topological polar surface area (TPSA) is 112 Å². The number of hydrogen-bond acceptors (Lipinski definition) is 5. The number of rotatable bonds is 1. The van der Waals surface area contributed by atoms with E-state index in [2.05, 4.69) is 0 Å². The van der Waals surface area contributed by atoms with Crippen LogP contribution >= 0.6 is 10.7 Å². The first-order chi connectivity index (χ1) is 10.8. The predicted octanol–water partition coefficient (Wildman–Crippen LogP) is 3.20. The molecule has 0 atom stereocenters. The van der Waals surface area contributed by atoms with E-state index >= 15 is 0 Å². The summed E-state index contributed by atoms with van der Waals surface area (Å²) < 4.78 is 22.6. The van der Waals surface area contributed by atoms with Crippen LogP contribution in [0.25, 0.3) is 10.8 Å². The van der Waals surface area contributed by atoms with Gasteiger partial charge in [-0.3, -0.25) is 0 Å². The molecular formula is C16H16ClN3O2S. The number of anilines is 3. The molecule has 0 aromatic heterocycles. The predicted molar refractivity (Wildman–Crippen MR) is 96.7 cm³/mol. The summed E-state index contributed by atoms with van der Waals surface area (Å²) in [5.41, 5.74) is 18.5. The Hall–Kier alpha value is -2.44. The maximum atomic E-state index is 11.3. The molecule has 0 bridgehead atoms. The highest BCUT2D eigenvalue weighted by Crippen LogP contribution is 2.29. The Morgan fingerprint density at radius 2 is 1.17 bits per heavy atom. The summed E-state index contributed by atoms with van der Waals surface area (Å²) in [6.07, 6.45) is 0. The van der Waals surface area contributed by atoms with Crippen LogP contribution in [0.3, 0.4) is 0 Å². The van der Waals surface area contributed by atoms with Gasteiger partial charge < -0.3 is 17.2 Å². The number of fused-ring (bicyclic) bond motifs is 1. The Kier molecular flexibility index (Phi) is 4.98. The van der Waals surface area contributed by atoms with Crippen LogP contribution in [0.15, 0.2) is 65.6 Å². The molecule has 0 spiro atoms. The second-order valence-corrected chi connectivity index (χ2v) is 7.34. The summed E-state index contributed by atoms with van der Waals surface area (Å²) in [6.45, 7) is 0. The van der Waals surface area contributed by atoms with Gasteiger partial charge in [-0.15, -0.1) is 0 Å². The van der Waals surface area contributed by atoms with E-state index in [4.69, 9.17) is 27.9 Å². The minimum absolute atomic E-state index is 0.0916. The minimum atomic E-state index is -3.73. The Morgan fingerprint density at radius 1 is 0.696 bits per heavy atom. The van der Waals surface area contributed by atoms with Crippen molar-refractivity contribution in [1.29, 1.82) is 0 Å². The van der Waals surface area contributed by atoms with E-state index in [1.165, 1.54) is 12.1 Å². The first kappa shape index (κ1) is 16.9. The lowest BCUT2D eigenvalue weighted by molar-refractivity contribution is 0.610. The summed E-state index contributed by atoms with van der Waals surface area (Å²) in [6, 6.07) is 17.0. The molecule has 3 aromatic rings. The molecule has 3 rings (SSSR count). The maximum absolute atomic E-state index is 11.3. The van der Waals surface area contributed by atoms with Gasteiger partial charge in [-0.25, -0.2) is 8.42 Å². The third kappa shape index (κ3) is 4.28. The maximum Gasteiger partial charge on any atom is 0.261 e. The molecule has 0 heterocycles. The highest BCUT2D eigenvalue weighted by molar-refractivity contribution is 8.14. The second-order valence-electron chi connectivity index (χ2n) is 4.80. The smallest absolute Gasteiger partial charge is 0.261 e. The van der Waals surface area contributed by atoms with Crippen LogP contribution in [0.4, 0.5) is 17.1 Å². The molecule has 0 aliphatic heterocycles. The minimum Gasteiger partial charge on any atom is -0.399 e. The zero-order valence-electron chi connectivity index (χ0n) is 12.1. The molecule has 120 valence electrons. The summed E-state index contributed by atoms with van der Waals surface area (Å²) >= 11 is 0. The third-order valence-corrected chi connectivity index (χ3v) is 4.50. The van der Waals surface area contributed by atoms with Gasteiger partial charge in [0.2, 0.25) is 0 Å². The zero-order valence-corrected chi connectivity index (χ0v) is 13.7. The van der Waals surface area contributed by atoms with Crippen LogP contribution in [0.2, 0.25) is 0 Å². The summed E-state index contributed by atoms with van der Waals surface area (Å²) in [7, 11) is 1.59. The lowest BCUT2D eigenvalue weighted by Gasteiger charge is -2.05. The van der Waals surface area contributed by atoms with Crippen molar-refractivity contribution in [3.63, 3.8) is 0 Å². The van der Waals surface area contributed by atoms with Crippen molar-refractivity contribution in [3.05, 3.63) is 60.7 Å². The lowest BCUT2D eigenvalue weighted by Crippen LogP contribution is -1.95. The van der Waals surface area contributed by atoms with E-state index in [0.717, 1.165) is 11.4 Å². The average molecular weight is 350 g/mol. The summed E-state index contributed by atoms with van der Waals surface area (Å²) in [5, 5.41) is 1.24. The standard InChI is InChI=1S/C10H8ClNO2S.C6H8N2/c11-15(13,14)10-6-5-9(12)7-3-1-2-4-8(7)10;7-5-1-2-6(8)4-3-5/h1-6H,12H2;1-4H,7-8H2. The largest absolute Gasteiger partial charge is 0.399 e. The molecule has 0 saturated carbocycles. The fourth-order valence-corrected chi connectivity index (χ4v) is 3.08. The van der Waals surface area contributed by atoms with Gasteiger partial charge in [0.15, 0.2) is 0 Å². The fourth-order valence-electron chi connectivity index (χ4n) is 2.00. The van der Waals surface area contributed by atoms with Crippen molar-refractivity contribution >= 4 is 47.6 Å². The third-order valence-electron chi connectivity index (χ3n) is 3.12. The van der Waals surface area contributed by atoms with E-state index in [9.17, 15) is 8.42 Å². The Labute approximate surface area is 139 Å². The summed E-state index contributed by atoms with van der Waals surface area (Å²) in [4.78, 5) is 0.0916. The molecule has 5 nitrogen and oxygen atoms in total. The van der Waals surface area contributed by atoms with Crippen LogP contribution < -0.4 is 17.2 Å². The second kappa shape index (κ2) is 6.76. The molecule has 23 heavy (non-hydrogen) atoms. The Balaban J connectivity index is 0.000000203. The van der Waals surface area contributed by atoms with Gasteiger partial charge in [0.05, 0.1) is 4.90 Å². The quantitative estimate of drug-likeness (QED) is 0.461. The van der Waals surface area contributed by atoms with Gasteiger partial charge in [-0.05, 0) is 36.4 Å². The molecule has 0 aliphatic rings. The zero-order chi connectivity index (χ0) is 17.0. The molecular weight excluding hydrogens is 334 g/mol. The van der Waals surface area contributed by atoms with Gasteiger partial charge in [-0.1, -0.05) is 24.3 Å². The van der Waals surface area contributed by atoms with E-state index in [0.29, 0.717) is 16.5 Å². The van der Waals surface area contributed by atoms with Crippen LogP contribution in [0.1, 0.15) is 0 Å². The van der Waals surface area contributed by atoms with Crippen molar-refractivity contribution in [2.75, 3.05) is 17.2 Å². The highest BCUT2D eigenvalue weighted by atomic mass is 35.7. The number of benzene rings is 3. The van der Waals surface area contributed by atoms with Gasteiger partial charge in [-0.2, -0.15) is 0 Å². The van der Waals surface area contributed by atoms with E-state index < -0.39 is 9.05 Å². The molecule has 0 amide bonds. The number of halogens is 1.